The molecule has 5 heteroatoms. The number of unbranched alkanes of at least 4 members (excludes halogenated alkanes) is 6. The van der Waals surface area contributed by atoms with E-state index in [0.29, 0.717) is 18.0 Å². The molecular formula is C26H38F2N2O. The summed E-state index contributed by atoms with van der Waals surface area (Å²) < 4.78 is 32.5. The number of hydrogen-bond donors (Lipinski definition) is 0. The van der Waals surface area contributed by atoms with Gasteiger partial charge in [0.05, 0.1) is 6.61 Å². The van der Waals surface area contributed by atoms with Crippen LogP contribution in [0.3, 0.4) is 0 Å². The van der Waals surface area contributed by atoms with Gasteiger partial charge >= 0.3 is 0 Å². The first-order valence-corrected chi connectivity index (χ1v) is 11.9. The van der Waals surface area contributed by atoms with Gasteiger partial charge in [-0.3, -0.25) is 0 Å². The molecule has 2 aromatic rings. The van der Waals surface area contributed by atoms with Crippen LogP contribution in [0.25, 0.3) is 11.4 Å². The van der Waals surface area contributed by atoms with E-state index in [4.69, 9.17) is 4.74 Å². The third kappa shape index (κ3) is 10.2. The lowest BCUT2D eigenvalue weighted by Gasteiger charge is -2.12. The van der Waals surface area contributed by atoms with Gasteiger partial charge < -0.3 is 4.74 Å². The average molecular weight is 433 g/mol. The standard InChI is InChI=1S/C26H38F2N2O/c1-3-5-6-7-8-9-10-11-21-19-29-26(30-20-21)22-12-14-25(15-13-22)31-17-16-24(28)18-23(27)4-2/h12-15,19-20,23-24H,3-11,16-18H2,1-2H3. The first-order valence-electron chi connectivity index (χ1n) is 11.9. The number of aromatic nitrogens is 2. The number of rotatable bonds is 16. The molecule has 0 bridgehead atoms. The van der Waals surface area contributed by atoms with Gasteiger partial charge in [0, 0.05) is 30.8 Å². The Labute approximate surface area is 186 Å². The maximum atomic E-state index is 13.7. The van der Waals surface area contributed by atoms with Gasteiger partial charge in [-0.1, -0.05) is 52.4 Å². The van der Waals surface area contributed by atoms with Crippen LogP contribution in [-0.2, 0) is 6.42 Å². The maximum Gasteiger partial charge on any atom is 0.159 e. The highest BCUT2D eigenvalue weighted by Gasteiger charge is 2.13. The summed E-state index contributed by atoms with van der Waals surface area (Å²) >= 11 is 0. The molecule has 1 heterocycles. The fourth-order valence-corrected chi connectivity index (χ4v) is 3.49. The number of alkyl halides is 2. The molecule has 0 amide bonds. The van der Waals surface area contributed by atoms with Crippen LogP contribution in [0.15, 0.2) is 36.7 Å². The van der Waals surface area contributed by atoms with Crippen LogP contribution < -0.4 is 4.74 Å². The second-order valence-electron chi connectivity index (χ2n) is 8.29. The highest BCUT2D eigenvalue weighted by atomic mass is 19.1. The van der Waals surface area contributed by atoms with Crippen molar-refractivity contribution < 1.29 is 13.5 Å². The smallest absolute Gasteiger partial charge is 0.159 e. The summed E-state index contributed by atoms with van der Waals surface area (Å²) in [6.45, 7) is 4.21. The molecule has 0 aliphatic rings. The Bertz CT molecular complexity index is 706. The average Bonchev–Trinajstić information content (AvgIpc) is 2.79. The van der Waals surface area contributed by atoms with Crippen LogP contribution in [0, 0.1) is 0 Å². The Balaban J connectivity index is 1.71. The Morgan fingerprint density at radius 1 is 0.839 bits per heavy atom. The highest BCUT2D eigenvalue weighted by Crippen LogP contribution is 2.20. The third-order valence-electron chi connectivity index (χ3n) is 5.54. The lowest BCUT2D eigenvalue weighted by molar-refractivity contribution is 0.179. The minimum atomic E-state index is -1.16. The number of halogens is 2. The molecular weight excluding hydrogens is 394 g/mol. The molecule has 2 atom stereocenters. The van der Waals surface area contributed by atoms with Crippen molar-refractivity contribution in [2.24, 2.45) is 0 Å². The molecule has 0 N–H and O–H groups in total. The van der Waals surface area contributed by atoms with Crippen molar-refractivity contribution in [3.63, 3.8) is 0 Å². The number of aryl methyl sites for hydroxylation is 1. The Morgan fingerprint density at radius 3 is 2.13 bits per heavy atom. The number of hydrogen-bond acceptors (Lipinski definition) is 3. The molecule has 1 aromatic carbocycles. The quantitative estimate of drug-likeness (QED) is 0.255. The van der Waals surface area contributed by atoms with E-state index < -0.39 is 12.3 Å². The van der Waals surface area contributed by atoms with E-state index in [1.165, 1.54) is 50.5 Å². The van der Waals surface area contributed by atoms with E-state index in [1.54, 1.807) is 6.92 Å². The minimum absolute atomic E-state index is 0.0505. The minimum Gasteiger partial charge on any atom is -0.493 e. The summed E-state index contributed by atoms with van der Waals surface area (Å²) in [5.41, 5.74) is 2.10. The normalized spacial score (nSPS) is 13.2. The maximum absolute atomic E-state index is 13.7. The van der Waals surface area contributed by atoms with Gasteiger partial charge in [-0.25, -0.2) is 18.7 Å². The summed E-state index contributed by atoms with van der Waals surface area (Å²) in [6, 6.07) is 7.48. The van der Waals surface area contributed by atoms with Crippen molar-refractivity contribution in [2.45, 2.75) is 96.8 Å². The fraction of sp³-hybridized carbons (Fsp3) is 0.615. The summed E-state index contributed by atoms with van der Waals surface area (Å²) in [5, 5.41) is 0. The van der Waals surface area contributed by atoms with Gasteiger partial charge in [-0.2, -0.15) is 0 Å². The first-order chi connectivity index (χ1) is 15.1. The molecule has 3 nitrogen and oxygen atoms in total. The largest absolute Gasteiger partial charge is 0.493 e. The van der Waals surface area contributed by atoms with Crippen molar-refractivity contribution in [2.75, 3.05) is 6.61 Å². The molecule has 0 aliphatic carbocycles. The molecule has 31 heavy (non-hydrogen) atoms. The molecule has 0 radical (unpaired) electrons. The molecule has 0 saturated carbocycles. The molecule has 2 rings (SSSR count). The van der Waals surface area contributed by atoms with Crippen molar-refractivity contribution >= 4 is 0 Å². The van der Waals surface area contributed by atoms with E-state index in [2.05, 4.69) is 16.9 Å². The SMILES string of the molecule is CCCCCCCCCc1cnc(-c2ccc(OCCC(F)CC(F)CC)cc2)nc1. The van der Waals surface area contributed by atoms with Crippen LogP contribution in [0.1, 0.15) is 83.6 Å². The Hall–Kier alpha value is -2.04. The van der Waals surface area contributed by atoms with Gasteiger partial charge in [0.25, 0.3) is 0 Å². The summed E-state index contributed by atoms with van der Waals surface area (Å²) in [5.74, 6) is 1.35. The molecule has 0 fully saturated rings. The van der Waals surface area contributed by atoms with E-state index >= 15 is 0 Å². The van der Waals surface area contributed by atoms with Crippen molar-refractivity contribution in [3.8, 4) is 17.1 Å². The van der Waals surface area contributed by atoms with Crippen molar-refractivity contribution in [3.05, 3.63) is 42.2 Å². The number of benzene rings is 1. The van der Waals surface area contributed by atoms with Gasteiger partial charge in [0.1, 0.15) is 18.1 Å². The van der Waals surface area contributed by atoms with Crippen LogP contribution in [0.5, 0.6) is 5.75 Å². The third-order valence-corrected chi connectivity index (χ3v) is 5.54. The Morgan fingerprint density at radius 2 is 1.48 bits per heavy atom. The molecule has 1 aromatic heterocycles. The molecule has 0 spiro atoms. The monoisotopic (exact) mass is 432 g/mol. The van der Waals surface area contributed by atoms with Gasteiger partial charge in [-0.05, 0) is 49.1 Å². The lowest BCUT2D eigenvalue weighted by atomic mass is 10.1. The second kappa shape index (κ2) is 14.9. The summed E-state index contributed by atoms with van der Waals surface area (Å²) in [4.78, 5) is 9.00. The van der Waals surface area contributed by atoms with Gasteiger partial charge in [0.15, 0.2) is 5.82 Å². The number of nitrogens with zero attached hydrogens (tertiary/aromatic N) is 2. The van der Waals surface area contributed by atoms with E-state index in [0.717, 1.165) is 12.0 Å². The second-order valence-corrected chi connectivity index (χ2v) is 8.29. The topological polar surface area (TPSA) is 35.0 Å². The summed E-state index contributed by atoms with van der Waals surface area (Å²) in [7, 11) is 0. The van der Waals surface area contributed by atoms with Gasteiger partial charge in [0.2, 0.25) is 0 Å². The van der Waals surface area contributed by atoms with E-state index in [1.807, 2.05) is 36.7 Å². The van der Waals surface area contributed by atoms with Gasteiger partial charge in [-0.15, -0.1) is 0 Å². The van der Waals surface area contributed by atoms with Crippen LogP contribution in [0.4, 0.5) is 8.78 Å². The first kappa shape index (κ1) is 25.2. The zero-order valence-electron chi connectivity index (χ0n) is 19.2. The zero-order chi connectivity index (χ0) is 22.3. The fourth-order valence-electron chi connectivity index (χ4n) is 3.49. The van der Waals surface area contributed by atoms with Crippen molar-refractivity contribution in [1.82, 2.24) is 9.97 Å². The zero-order valence-corrected chi connectivity index (χ0v) is 19.2. The molecule has 0 saturated heterocycles. The molecule has 2 unspecified atom stereocenters. The lowest BCUT2D eigenvalue weighted by Crippen LogP contribution is -2.13. The summed E-state index contributed by atoms with van der Waals surface area (Å²) in [6.07, 6.45) is 12.2. The van der Waals surface area contributed by atoms with Crippen molar-refractivity contribution in [1.29, 1.82) is 0 Å². The van der Waals surface area contributed by atoms with Crippen LogP contribution in [-0.4, -0.2) is 28.9 Å². The Kier molecular flexibility index (Phi) is 12.1. The highest BCUT2D eigenvalue weighted by molar-refractivity contribution is 5.55. The van der Waals surface area contributed by atoms with E-state index in [-0.39, 0.29) is 19.4 Å². The predicted molar refractivity (Wildman–Crippen MR) is 124 cm³/mol. The van der Waals surface area contributed by atoms with E-state index in [9.17, 15) is 8.78 Å². The molecule has 0 aliphatic heterocycles. The molecule has 172 valence electrons. The predicted octanol–water partition coefficient (Wildman–Crippen LogP) is 7.68. The van der Waals surface area contributed by atoms with Crippen LogP contribution in [0.2, 0.25) is 0 Å². The number of ether oxygens (including phenoxy) is 1. The van der Waals surface area contributed by atoms with Crippen LogP contribution >= 0.6 is 0 Å².